The first kappa shape index (κ1) is 13.4. The van der Waals surface area contributed by atoms with Crippen LogP contribution < -0.4 is 5.73 Å². The van der Waals surface area contributed by atoms with Gasteiger partial charge in [-0.25, -0.2) is 4.39 Å². The predicted octanol–water partition coefficient (Wildman–Crippen LogP) is 4.77. The number of halogens is 2. The number of nitrogens with two attached hydrogens (primary N) is 1. The van der Waals surface area contributed by atoms with Crippen LogP contribution in [0.2, 0.25) is 0 Å². The summed E-state index contributed by atoms with van der Waals surface area (Å²) in [6, 6.07) is 10.6. The van der Waals surface area contributed by atoms with Crippen molar-refractivity contribution in [3.63, 3.8) is 0 Å². The lowest BCUT2D eigenvalue weighted by Gasteiger charge is -2.08. The van der Waals surface area contributed by atoms with Crippen LogP contribution in [-0.4, -0.2) is 0 Å². The fourth-order valence-electron chi connectivity index (χ4n) is 1.58. The number of anilines is 1. The molecule has 2 rings (SSSR count). The highest BCUT2D eigenvalue weighted by atomic mass is 79.9. The second-order valence-corrected chi connectivity index (χ2v) is 5.94. The van der Waals surface area contributed by atoms with Crippen LogP contribution in [0.5, 0.6) is 0 Å². The molecule has 94 valence electrons. The van der Waals surface area contributed by atoms with Gasteiger partial charge >= 0.3 is 0 Å². The topological polar surface area (TPSA) is 26.0 Å². The van der Waals surface area contributed by atoms with E-state index in [0.717, 1.165) is 20.6 Å². The van der Waals surface area contributed by atoms with E-state index in [1.54, 1.807) is 23.9 Å². The molecule has 0 aromatic heterocycles. The summed E-state index contributed by atoms with van der Waals surface area (Å²) in [5.74, 6) is 0.470. The number of aryl methyl sites for hydroxylation is 1. The third kappa shape index (κ3) is 3.27. The zero-order valence-corrected chi connectivity index (χ0v) is 12.3. The van der Waals surface area contributed by atoms with Gasteiger partial charge in [-0.3, -0.25) is 0 Å². The Morgan fingerprint density at radius 2 is 2.00 bits per heavy atom. The Labute approximate surface area is 119 Å². The molecular formula is C14H13BrFNS. The summed E-state index contributed by atoms with van der Waals surface area (Å²) in [5, 5.41) is 0. The number of hydrogen-bond acceptors (Lipinski definition) is 2. The largest absolute Gasteiger partial charge is 0.398 e. The van der Waals surface area contributed by atoms with Gasteiger partial charge < -0.3 is 5.73 Å². The van der Waals surface area contributed by atoms with Crippen molar-refractivity contribution in [2.75, 3.05) is 5.73 Å². The van der Waals surface area contributed by atoms with Gasteiger partial charge in [-0.05, 0) is 48.4 Å². The minimum Gasteiger partial charge on any atom is -0.398 e. The molecule has 0 atom stereocenters. The zero-order valence-electron chi connectivity index (χ0n) is 9.91. The zero-order chi connectivity index (χ0) is 13.1. The van der Waals surface area contributed by atoms with Gasteiger partial charge in [0.2, 0.25) is 0 Å². The third-order valence-corrected chi connectivity index (χ3v) is 4.45. The molecule has 0 amide bonds. The molecule has 0 bridgehead atoms. The van der Waals surface area contributed by atoms with Gasteiger partial charge in [0.05, 0.1) is 0 Å². The van der Waals surface area contributed by atoms with E-state index >= 15 is 0 Å². The second-order valence-electron chi connectivity index (χ2n) is 4.07. The summed E-state index contributed by atoms with van der Waals surface area (Å²) >= 11 is 5.04. The third-order valence-electron chi connectivity index (χ3n) is 2.56. The van der Waals surface area contributed by atoms with E-state index in [1.165, 1.54) is 11.6 Å². The van der Waals surface area contributed by atoms with Crippen molar-refractivity contribution < 1.29 is 4.39 Å². The Kier molecular flexibility index (Phi) is 4.30. The summed E-state index contributed by atoms with van der Waals surface area (Å²) in [4.78, 5) is 1.03. The highest BCUT2D eigenvalue weighted by molar-refractivity contribution is 9.10. The van der Waals surface area contributed by atoms with Crippen LogP contribution in [0.15, 0.2) is 45.8 Å². The fourth-order valence-corrected chi connectivity index (χ4v) is 3.20. The molecular weight excluding hydrogens is 313 g/mol. The van der Waals surface area contributed by atoms with Gasteiger partial charge in [0, 0.05) is 20.8 Å². The Morgan fingerprint density at radius 1 is 1.22 bits per heavy atom. The number of hydrogen-bond donors (Lipinski definition) is 1. The summed E-state index contributed by atoms with van der Waals surface area (Å²) in [7, 11) is 0. The molecule has 18 heavy (non-hydrogen) atoms. The van der Waals surface area contributed by atoms with Crippen LogP contribution in [0.25, 0.3) is 0 Å². The van der Waals surface area contributed by atoms with E-state index in [2.05, 4.69) is 15.9 Å². The van der Waals surface area contributed by atoms with Gasteiger partial charge in [-0.2, -0.15) is 0 Å². The normalized spacial score (nSPS) is 10.6. The molecule has 0 aliphatic carbocycles. The fraction of sp³-hybridized carbons (Fsp3) is 0.143. The van der Waals surface area contributed by atoms with E-state index in [9.17, 15) is 4.39 Å². The van der Waals surface area contributed by atoms with Crippen molar-refractivity contribution in [1.29, 1.82) is 0 Å². The highest BCUT2D eigenvalue weighted by Crippen LogP contribution is 2.31. The van der Waals surface area contributed by atoms with Crippen LogP contribution >= 0.6 is 27.7 Å². The molecule has 0 spiro atoms. The van der Waals surface area contributed by atoms with Gasteiger partial charge in [-0.15, -0.1) is 11.8 Å². The molecule has 2 aromatic rings. The van der Waals surface area contributed by atoms with E-state index in [1.807, 2.05) is 25.1 Å². The molecule has 0 fully saturated rings. The quantitative estimate of drug-likeness (QED) is 0.649. The van der Waals surface area contributed by atoms with E-state index in [4.69, 9.17) is 5.73 Å². The number of nitrogen functional groups attached to an aromatic ring is 1. The summed E-state index contributed by atoms with van der Waals surface area (Å²) in [6.07, 6.45) is 0. The average Bonchev–Trinajstić information content (AvgIpc) is 2.34. The maximum Gasteiger partial charge on any atom is 0.123 e. The van der Waals surface area contributed by atoms with Crippen molar-refractivity contribution in [3.8, 4) is 0 Å². The molecule has 0 aliphatic rings. The lowest BCUT2D eigenvalue weighted by molar-refractivity contribution is 0.626. The Hall–Kier alpha value is -1.000. The van der Waals surface area contributed by atoms with E-state index in [-0.39, 0.29) is 5.82 Å². The molecule has 2 N–H and O–H groups in total. The Balaban J connectivity index is 2.16. The summed E-state index contributed by atoms with van der Waals surface area (Å²) in [5.41, 5.74) is 8.78. The first-order valence-electron chi connectivity index (χ1n) is 5.49. The standard InChI is InChI=1S/C14H13BrFNS/c1-9-2-5-13(17)14(6-9)18-8-10-7-11(16)3-4-12(10)15/h2-7H,8,17H2,1H3. The molecule has 0 heterocycles. The summed E-state index contributed by atoms with van der Waals surface area (Å²) in [6.45, 7) is 2.03. The first-order valence-corrected chi connectivity index (χ1v) is 7.27. The molecule has 0 aliphatic heterocycles. The van der Waals surface area contributed by atoms with Crippen molar-refractivity contribution in [3.05, 3.63) is 57.8 Å². The van der Waals surface area contributed by atoms with Gasteiger partial charge in [0.25, 0.3) is 0 Å². The maximum atomic E-state index is 13.2. The number of benzene rings is 2. The predicted molar refractivity (Wildman–Crippen MR) is 79.3 cm³/mol. The highest BCUT2D eigenvalue weighted by Gasteiger charge is 2.05. The van der Waals surface area contributed by atoms with E-state index < -0.39 is 0 Å². The van der Waals surface area contributed by atoms with Crippen LogP contribution in [-0.2, 0) is 5.75 Å². The van der Waals surface area contributed by atoms with Crippen molar-refractivity contribution in [2.45, 2.75) is 17.6 Å². The SMILES string of the molecule is Cc1ccc(N)c(SCc2cc(F)ccc2Br)c1. The molecule has 1 nitrogen and oxygen atoms in total. The Morgan fingerprint density at radius 3 is 2.78 bits per heavy atom. The first-order chi connectivity index (χ1) is 8.56. The maximum absolute atomic E-state index is 13.2. The molecule has 4 heteroatoms. The molecule has 0 unspecified atom stereocenters. The van der Waals surface area contributed by atoms with Crippen LogP contribution in [0.1, 0.15) is 11.1 Å². The smallest absolute Gasteiger partial charge is 0.123 e. The number of rotatable bonds is 3. The minimum atomic E-state index is -0.217. The van der Waals surface area contributed by atoms with Gasteiger partial charge in [-0.1, -0.05) is 22.0 Å². The second kappa shape index (κ2) is 5.76. The van der Waals surface area contributed by atoms with Crippen molar-refractivity contribution in [1.82, 2.24) is 0 Å². The summed E-state index contributed by atoms with van der Waals surface area (Å²) < 4.78 is 14.1. The van der Waals surface area contributed by atoms with Gasteiger partial charge in [0.1, 0.15) is 5.82 Å². The Bertz CT molecular complexity index is 520. The molecule has 0 saturated heterocycles. The lowest BCUT2D eigenvalue weighted by atomic mass is 10.2. The molecule has 0 radical (unpaired) electrons. The number of thioether (sulfide) groups is 1. The monoisotopic (exact) mass is 325 g/mol. The van der Waals surface area contributed by atoms with Crippen LogP contribution in [0.4, 0.5) is 10.1 Å². The lowest BCUT2D eigenvalue weighted by Crippen LogP contribution is -1.91. The van der Waals surface area contributed by atoms with E-state index in [0.29, 0.717) is 5.75 Å². The molecule has 2 aromatic carbocycles. The van der Waals surface area contributed by atoms with Crippen LogP contribution in [0, 0.1) is 12.7 Å². The minimum absolute atomic E-state index is 0.217. The van der Waals surface area contributed by atoms with Crippen LogP contribution in [0.3, 0.4) is 0 Å². The van der Waals surface area contributed by atoms with Crippen molar-refractivity contribution >= 4 is 33.4 Å². The molecule has 0 saturated carbocycles. The average molecular weight is 326 g/mol. The van der Waals surface area contributed by atoms with Crippen molar-refractivity contribution in [2.24, 2.45) is 0 Å². The van der Waals surface area contributed by atoms with Gasteiger partial charge in [0.15, 0.2) is 0 Å².